The molecule has 2 aliphatic carbocycles. The number of piperidine rings is 1. The summed E-state index contributed by atoms with van der Waals surface area (Å²) in [5.74, 6) is 1.67. The fourth-order valence-electron chi connectivity index (χ4n) is 7.27. The molecule has 3 heterocycles. The molecule has 5 fully saturated rings. The molecular formula is C26H41N5O3S. The maximum absolute atomic E-state index is 13.5. The van der Waals surface area contributed by atoms with Crippen molar-refractivity contribution in [3.63, 3.8) is 0 Å². The van der Waals surface area contributed by atoms with E-state index < -0.39 is 0 Å². The largest absolute Gasteiger partial charge is 0.381 e. The molecule has 194 valence electrons. The molecule has 5 aliphatic rings. The van der Waals surface area contributed by atoms with Crippen LogP contribution in [0.3, 0.4) is 0 Å². The molecule has 3 N–H and O–H groups in total. The summed E-state index contributed by atoms with van der Waals surface area (Å²) in [5.41, 5.74) is -0.116. The monoisotopic (exact) mass is 503 g/mol. The van der Waals surface area contributed by atoms with Gasteiger partial charge in [0.15, 0.2) is 0 Å². The molecule has 0 spiro atoms. The highest BCUT2D eigenvalue weighted by Gasteiger charge is 2.48. The Balaban J connectivity index is 1.18. The number of rotatable bonds is 5. The van der Waals surface area contributed by atoms with E-state index in [4.69, 9.17) is 4.74 Å². The van der Waals surface area contributed by atoms with Gasteiger partial charge in [-0.15, -0.1) is 11.8 Å². The minimum Gasteiger partial charge on any atom is -0.381 e. The normalized spacial score (nSPS) is 45.3. The number of likely N-dealkylation sites (tertiary alicyclic amines) is 1. The lowest BCUT2D eigenvalue weighted by Gasteiger charge is -2.44. The number of fused-ring (bicyclic) bond motifs is 1. The molecule has 8 nitrogen and oxygen atoms in total. The van der Waals surface area contributed by atoms with Gasteiger partial charge in [0.1, 0.15) is 5.50 Å². The fourth-order valence-corrected chi connectivity index (χ4v) is 8.68. The molecule has 9 heteroatoms. The fraction of sp³-hybridized carbons (Fsp3) is 0.885. The molecule has 0 aromatic rings. The minimum absolute atomic E-state index is 0.0561. The van der Waals surface area contributed by atoms with E-state index in [1.807, 2.05) is 4.90 Å². The number of methoxy groups -OCH3 is 1. The highest BCUT2D eigenvalue weighted by molar-refractivity contribution is 8.00. The average Bonchev–Trinajstić information content (AvgIpc) is 3.39. The molecule has 3 aliphatic heterocycles. The molecule has 0 radical (unpaired) electrons. The number of nitrogens with zero attached hydrogens (tertiary/aromatic N) is 2. The second-order valence-corrected chi connectivity index (χ2v) is 13.1. The zero-order chi connectivity index (χ0) is 24.7. The number of carbonyl (C=O) groups is 2. The summed E-state index contributed by atoms with van der Waals surface area (Å²) >= 11 is 1.75. The summed E-state index contributed by atoms with van der Waals surface area (Å²) in [7, 11) is 1.77. The van der Waals surface area contributed by atoms with Gasteiger partial charge in [-0.05, 0) is 63.2 Å². The van der Waals surface area contributed by atoms with Crippen LogP contribution in [0.4, 0.5) is 0 Å². The first kappa shape index (κ1) is 25.3. The van der Waals surface area contributed by atoms with Crippen molar-refractivity contribution in [1.29, 1.82) is 5.26 Å². The van der Waals surface area contributed by atoms with Crippen LogP contribution in [0.15, 0.2) is 0 Å². The van der Waals surface area contributed by atoms with Crippen LogP contribution in [0, 0.1) is 46.8 Å². The van der Waals surface area contributed by atoms with Gasteiger partial charge in [-0.3, -0.25) is 14.9 Å². The molecule has 9 unspecified atom stereocenters. The minimum atomic E-state index is -0.132. The Bertz CT molecular complexity index is 831. The molecule has 9 atom stereocenters. The maximum atomic E-state index is 13.5. The van der Waals surface area contributed by atoms with Crippen LogP contribution < -0.4 is 16.0 Å². The van der Waals surface area contributed by atoms with Crippen molar-refractivity contribution in [2.75, 3.05) is 26.7 Å². The molecule has 0 aromatic heterocycles. The van der Waals surface area contributed by atoms with Crippen LogP contribution in [-0.4, -0.2) is 72.4 Å². The molecule has 35 heavy (non-hydrogen) atoms. The van der Waals surface area contributed by atoms with Crippen molar-refractivity contribution in [2.45, 2.75) is 81.3 Å². The third-order valence-corrected chi connectivity index (χ3v) is 10.6. The Labute approximate surface area is 213 Å². The van der Waals surface area contributed by atoms with Crippen LogP contribution in [0.2, 0.25) is 0 Å². The summed E-state index contributed by atoms with van der Waals surface area (Å²) in [6.07, 6.45) is 5.69. The van der Waals surface area contributed by atoms with Gasteiger partial charge in [0.25, 0.3) is 0 Å². The summed E-state index contributed by atoms with van der Waals surface area (Å²) < 4.78 is 5.85. The second kappa shape index (κ2) is 10.6. The summed E-state index contributed by atoms with van der Waals surface area (Å²) in [5, 5.41) is 20.3. The number of ether oxygens (including phenoxy) is 1. The molecule has 2 saturated carbocycles. The second-order valence-electron chi connectivity index (χ2n) is 11.7. The molecule has 3 saturated heterocycles. The zero-order valence-corrected chi connectivity index (χ0v) is 22.1. The average molecular weight is 504 g/mol. The van der Waals surface area contributed by atoms with E-state index in [2.05, 4.69) is 35.9 Å². The number of amides is 2. The van der Waals surface area contributed by atoms with Gasteiger partial charge in [-0.2, -0.15) is 5.26 Å². The Hall–Kier alpha value is -1.34. The van der Waals surface area contributed by atoms with Crippen molar-refractivity contribution in [3.8, 4) is 6.07 Å². The zero-order valence-electron chi connectivity index (χ0n) is 21.2. The number of hydrogen-bond acceptors (Lipinski definition) is 7. The van der Waals surface area contributed by atoms with E-state index in [0.29, 0.717) is 29.7 Å². The Morgan fingerprint density at radius 3 is 2.60 bits per heavy atom. The van der Waals surface area contributed by atoms with Gasteiger partial charge >= 0.3 is 0 Å². The van der Waals surface area contributed by atoms with E-state index in [9.17, 15) is 14.9 Å². The van der Waals surface area contributed by atoms with Gasteiger partial charge in [0.2, 0.25) is 11.8 Å². The van der Waals surface area contributed by atoms with Crippen LogP contribution in [0.1, 0.15) is 52.4 Å². The third kappa shape index (κ3) is 5.22. The highest BCUT2D eigenvalue weighted by Crippen LogP contribution is 2.42. The molecular weight excluding hydrogens is 462 g/mol. The Morgan fingerprint density at radius 1 is 1.11 bits per heavy atom. The van der Waals surface area contributed by atoms with Crippen molar-refractivity contribution >= 4 is 23.6 Å². The number of nitriles is 1. The van der Waals surface area contributed by atoms with E-state index in [0.717, 1.165) is 51.6 Å². The van der Waals surface area contributed by atoms with Gasteiger partial charge in [-0.1, -0.05) is 6.92 Å². The summed E-state index contributed by atoms with van der Waals surface area (Å²) in [6.45, 7) is 6.57. The van der Waals surface area contributed by atoms with Gasteiger partial charge in [0.05, 0.1) is 18.1 Å². The highest BCUT2D eigenvalue weighted by atomic mass is 32.2. The first-order chi connectivity index (χ1) is 16.9. The van der Waals surface area contributed by atoms with Crippen LogP contribution >= 0.6 is 11.8 Å². The van der Waals surface area contributed by atoms with E-state index in [1.54, 1.807) is 18.9 Å². The standard InChI is InChI=1S/C26H41N5O3S/c1-14-6-17(7-14)25(33)31-12-21-23(13-31)35-26(29-21)30-24(32)20-11-28-15(2)8-18(20)19-9-16(10-27)4-5-22(19)34-3/h14-23,26,28-29H,4-9,11-13H2,1-3H3,(H,30,32). The number of thioether (sulfide) groups is 1. The summed E-state index contributed by atoms with van der Waals surface area (Å²) in [6, 6.07) is 3.06. The quantitative estimate of drug-likeness (QED) is 0.526. The van der Waals surface area contributed by atoms with Gasteiger partial charge < -0.3 is 20.3 Å². The lowest BCUT2D eigenvalue weighted by molar-refractivity contribution is -0.138. The van der Waals surface area contributed by atoms with Gasteiger partial charge in [-0.25, -0.2) is 0 Å². The Kier molecular flexibility index (Phi) is 7.64. The first-order valence-corrected chi connectivity index (χ1v) is 14.5. The Morgan fingerprint density at radius 2 is 1.91 bits per heavy atom. The van der Waals surface area contributed by atoms with Crippen molar-refractivity contribution in [3.05, 3.63) is 0 Å². The van der Waals surface area contributed by atoms with Crippen molar-refractivity contribution < 1.29 is 14.3 Å². The third-order valence-electron chi connectivity index (χ3n) is 9.29. The topological polar surface area (TPSA) is 106 Å². The lowest BCUT2D eigenvalue weighted by Crippen LogP contribution is -2.55. The molecule has 0 bridgehead atoms. The van der Waals surface area contributed by atoms with E-state index in [-0.39, 0.29) is 53.1 Å². The predicted molar refractivity (Wildman–Crippen MR) is 135 cm³/mol. The smallest absolute Gasteiger partial charge is 0.226 e. The lowest BCUT2D eigenvalue weighted by atomic mass is 9.66. The maximum Gasteiger partial charge on any atom is 0.226 e. The molecule has 5 rings (SSSR count). The number of hydrogen-bond donors (Lipinski definition) is 3. The number of nitrogens with one attached hydrogen (secondary N) is 3. The SMILES string of the molecule is COC1CCC(C#N)CC1C1CC(C)NCC1C(=O)NC1NC2CN(C(=O)C3CC(C)C3)CC2S1. The van der Waals surface area contributed by atoms with Crippen molar-refractivity contribution in [1.82, 2.24) is 20.9 Å². The van der Waals surface area contributed by atoms with Gasteiger partial charge in [0, 0.05) is 55.9 Å². The van der Waals surface area contributed by atoms with E-state index >= 15 is 0 Å². The van der Waals surface area contributed by atoms with Crippen molar-refractivity contribution in [2.24, 2.45) is 35.5 Å². The first-order valence-electron chi connectivity index (χ1n) is 13.5. The summed E-state index contributed by atoms with van der Waals surface area (Å²) in [4.78, 5) is 28.3. The predicted octanol–water partition coefficient (Wildman–Crippen LogP) is 1.92. The molecule has 2 amide bonds. The van der Waals surface area contributed by atoms with E-state index in [1.165, 1.54) is 0 Å². The van der Waals surface area contributed by atoms with Crippen LogP contribution in [0.25, 0.3) is 0 Å². The molecule has 0 aromatic carbocycles. The number of carbonyl (C=O) groups excluding carboxylic acids is 2. The van der Waals surface area contributed by atoms with Crippen LogP contribution in [0.5, 0.6) is 0 Å². The van der Waals surface area contributed by atoms with Crippen LogP contribution in [-0.2, 0) is 14.3 Å².